The van der Waals surface area contributed by atoms with E-state index in [0.717, 1.165) is 19.3 Å². The van der Waals surface area contributed by atoms with Crippen molar-refractivity contribution >= 4 is 5.95 Å². The molecule has 1 aromatic rings. The zero-order valence-corrected chi connectivity index (χ0v) is 8.98. The molecule has 0 fully saturated rings. The Morgan fingerprint density at radius 2 is 2.07 bits per heavy atom. The molecule has 2 N–H and O–H groups in total. The normalized spacial score (nSPS) is 13.0. The summed E-state index contributed by atoms with van der Waals surface area (Å²) in [5, 5.41) is 11.2. The summed E-state index contributed by atoms with van der Waals surface area (Å²) in [4.78, 5) is 0. The number of hydrogen-bond acceptors (Lipinski definition) is 4. The molecule has 1 rings (SSSR count). The van der Waals surface area contributed by atoms with Crippen molar-refractivity contribution < 1.29 is 0 Å². The molecule has 0 saturated heterocycles. The minimum absolute atomic E-state index is 0.370. The maximum absolute atomic E-state index is 5.67. The van der Waals surface area contributed by atoms with Gasteiger partial charge in [0.2, 0.25) is 5.95 Å². The van der Waals surface area contributed by atoms with Crippen LogP contribution in [0.25, 0.3) is 0 Å². The van der Waals surface area contributed by atoms with Gasteiger partial charge in [0.1, 0.15) is 0 Å². The van der Waals surface area contributed by atoms with Crippen molar-refractivity contribution in [1.82, 2.24) is 20.2 Å². The van der Waals surface area contributed by atoms with E-state index in [4.69, 9.17) is 5.73 Å². The smallest absolute Gasteiger partial charge is 0.240 e. The van der Waals surface area contributed by atoms with Gasteiger partial charge < -0.3 is 5.73 Å². The van der Waals surface area contributed by atoms with Gasteiger partial charge in [0.15, 0.2) is 0 Å². The molecular formula is C9H19N5. The van der Waals surface area contributed by atoms with Crippen LogP contribution in [0.3, 0.4) is 0 Å². The Hall–Kier alpha value is -1.13. The van der Waals surface area contributed by atoms with Crippen LogP contribution < -0.4 is 5.73 Å². The van der Waals surface area contributed by atoms with Crippen molar-refractivity contribution in [3.8, 4) is 0 Å². The van der Waals surface area contributed by atoms with Gasteiger partial charge in [-0.25, -0.2) is 4.68 Å². The SMILES string of the molecule is CCCCC(CCC)n1nnnc1N. The van der Waals surface area contributed by atoms with Crippen molar-refractivity contribution in [3.05, 3.63) is 0 Å². The van der Waals surface area contributed by atoms with Crippen molar-refractivity contribution in [2.45, 2.75) is 52.0 Å². The molecule has 0 saturated carbocycles. The van der Waals surface area contributed by atoms with Crippen molar-refractivity contribution in [2.75, 3.05) is 5.73 Å². The Bertz CT molecular complexity index is 257. The number of nitrogens with two attached hydrogens (primary N) is 1. The van der Waals surface area contributed by atoms with Crippen LogP contribution in [0.4, 0.5) is 5.95 Å². The van der Waals surface area contributed by atoms with Gasteiger partial charge in [0.25, 0.3) is 0 Å². The third-order valence-electron chi connectivity index (χ3n) is 2.38. The average molecular weight is 197 g/mol. The van der Waals surface area contributed by atoms with E-state index in [0.29, 0.717) is 12.0 Å². The topological polar surface area (TPSA) is 69.6 Å². The highest BCUT2D eigenvalue weighted by Crippen LogP contribution is 2.21. The molecule has 14 heavy (non-hydrogen) atoms. The number of anilines is 1. The van der Waals surface area contributed by atoms with Crippen LogP contribution >= 0.6 is 0 Å². The molecule has 1 unspecified atom stereocenters. The zero-order valence-electron chi connectivity index (χ0n) is 8.98. The summed E-state index contributed by atoms with van der Waals surface area (Å²) < 4.78 is 1.75. The fourth-order valence-corrected chi connectivity index (χ4v) is 1.62. The third kappa shape index (κ3) is 2.68. The molecule has 1 heterocycles. The fourth-order valence-electron chi connectivity index (χ4n) is 1.62. The van der Waals surface area contributed by atoms with E-state index in [1.165, 1.54) is 12.8 Å². The lowest BCUT2D eigenvalue weighted by Crippen LogP contribution is -2.13. The van der Waals surface area contributed by atoms with Gasteiger partial charge in [-0.2, -0.15) is 0 Å². The Morgan fingerprint density at radius 1 is 1.29 bits per heavy atom. The van der Waals surface area contributed by atoms with E-state index in [1.807, 2.05) is 0 Å². The molecule has 0 aliphatic heterocycles. The lowest BCUT2D eigenvalue weighted by Gasteiger charge is -2.15. The van der Waals surface area contributed by atoms with E-state index in [1.54, 1.807) is 4.68 Å². The summed E-state index contributed by atoms with van der Waals surface area (Å²) in [6.45, 7) is 4.35. The summed E-state index contributed by atoms with van der Waals surface area (Å²) in [6, 6.07) is 0.370. The minimum atomic E-state index is 0.370. The fraction of sp³-hybridized carbons (Fsp3) is 0.889. The molecule has 0 aromatic carbocycles. The van der Waals surface area contributed by atoms with Crippen LogP contribution in [0.1, 0.15) is 52.0 Å². The highest BCUT2D eigenvalue weighted by molar-refractivity contribution is 5.11. The van der Waals surface area contributed by atoms with E-state index < -0.39 is 0 Å². The molecule has 0 radical (unpaired) electrons. The Morgan fingerprint density at radius 3 is 2.57 bits per heavy atom. The summed E-state index contributed by atoms with van der Waals surface area (Å²) >= 11 is 0. The minimum Gasteiger partial charge on any atom is -0.367 e. The Labute approximate surface area is 84.7 Å². The van der Waals surface area contributed by atoms with E-state index in [-0.39, 0.29) is 0 Å². The van der Waals surface area contributed by atoms with Crippen LogP contribution in [0.5, 0.6) is 0 Å². The van der Waals surface area contributed by atoms with Gasteiger partial charge >= 0.3 is 0 Å². The highest BCUT2D eigenvalue weighted by atomic mass is 15.6. The summed E-state index contributed by atoms with van der Waals surface area (Å²) in [7, 11) is 0. The average Bonchev–Trinajstić information content (AvgIpc) is 2.59. The van der Waals surface area contributed by atoms with Crippen LogP contribution in [-0.2, 0) is 0 Å². The second-order valence-electron chi connectivity index (χ2n) is 3.57. The second kappa shape index (κ2) is 5.57. The van der Waals surface area contributed by atoms with Crippen LogP contribution in [-0.4, -0.2) is 20.2 Å². The summed E-state index contributed by atoms with van der Waals surface area (Å²) in [6.07, 6.45) is 5.73. The first kappa shape index (κ1) is 10.9. The quantitative estimate of drug-likeness (QED) is 0.754. The molecule has 0 spiro atoms. The van der Waals surface area contributed by atoms with Crippen molar-refractivity contribution in [1.29, 1.82) is 0 Å². The van der Waals surface area contributed by atoms with Crippen molar-refractivity contribution in [2.24, 2.45) is 0 Å². The number of rotatable bonds is 6. The molecule has 1 aromatic heterocycles. The monoisotopic (exact) mass is 197 g/mol. The number of hydrogen-bond donors (Lipinski definition) is 1. The number of unbranched alkanes of at least 4 members (excludes halogenated alkanes) is 1. The Kier molecular flexibility index (Phi) is 4.35. The Balaban J connectivity index is 2.62. The van der Waals surface area contributed by atoms with E-state index in [2.05, 4.69) is 29.4 Å². The number of aromatic nitrogens is 4. The molecule has 5 heteroatoms. The maximum atomic E-state index is 5.67. The van der Waals surface area contributed by atoms with Gasteiger partial charge in [-0.3, -0.25) is 0 Å². The molecular weight excluding hydrogens is 178 g/mol. The molecule has 80 valence electrons. The number of tetrazole rings is 1. The first-order chi connectivity index (χ1) is 6.79. The first-order valence-electron chi connectivity index (χ1n) is 5.32. The lowest BCUT2D eigenvalue weighted by molar-refractivity contribution is 0.381. The first-order valence-corrected chi connectivity index (χ1v) is 5.32. The lowest BCUT2D eigenvalue weighted by atomic mass is 10.1. The largest absolute Gasteiger partial charge is 0.367 e. The predicted molar refractivity (Wildman–Crippen MR) is 55.7 cm³/mol. The van der Waals surface area contributed by atoms with Gasteiger partial charge in [0, 0.05) is 0 Å². The zero-order chi connectivity index (χ0) is 10.4. The van der Waals surface area contributed by atoms with E-state index in [9.17, 15) is 0 Å². The third-order valence-corrected chi connectivity index (χ3v) is 2.38. The molecule has 0 bridgehead atoms. The van der Waals surface area contributed by atoms with E-state index >= 15 is 0 Å². The predicted octanol–water partition coefficient (Wildman–Crippen LogP) is 1.79. The molecule has 1 atom stereocenters. The van der Waals surface area contributed by atoms with Gasteiger partial charge in [-0.05, 0) is 23.3 Å². The molecule has 0 aliphatic carbocycles. The molecule has 0 aliphatic rings. The van der Waals surface area contributed by atoms with Crippen LogP contribution in [0.15, 0.2) is 0 Å². The second-order valence-corrected chi connectivity index (χ2v) is 3.57. The van der Waals surface area contributed by atoms with Gasteiger partial charge in [-0.15, -0.1) is 0 Å². The summed E-state index contributed by atoms with van der Waals surface area (Å²) in [5.41, 5.74) is 5.67. The molecule has 5 nitrogen and oxygen atoms in total. The van der Waals surface area contributed by atoms with Crippen molar-refractivity contribution in [3.63, 3.8) is 0 Å². The standard InChI is InChI=1S/C9H19N5/c1-3-5-7-8(6-4-2)14-9(10)11-12-13-14/h8H,3-7H2,1-2H3,(H2,10,11,13). The maximum Gasteiger partial charge on any atom is 0.240 e. The summed E-state index contributed by atoms with van der Waals surface area (Å²) in [5.74, 6) is 0.430. The number of nitrogens with zero attached hydrogens (tertiary/aromatic N) is 4. The van der Waals surface area contributed by atoms with Crippen LogP contribution in [0.2, 0.25) is 0 Å². The van der Waals surface area contributed by atoms with Crippen LogP contribution in [0, 0.1) is 0 Å². The number of nitrogen functional groups attached to an aromatic ring is 1. The molecule has 0 amide bonds. The van der Waals surface area contributed by atoms with Gasteiger partial charge in [0.05, 0.1) is 6.04 Å². The highest BCUT2D eigenvalue weighted by Gasteiger charge is 2.13. The van der Waals surface area contributed by atoms with Gasteiger partial charge in [-0.1, -0.05) is 38.2 Å².